The molecular weight excluding hydrogens is 312 g/mol. The molecule has 0 aromatic rings. The summed E-state index contributed by atoms with van der Waals surface area (Å²) in [6, 6.07) is -0.563. The summed E-state index contributed by atoms with van der Waals surface area (Å²) in [5, 5.41) is 5.55. The molecule has 1 heterocycles. The van der Waals surface area contributed by atoms with Crippen LogP contribution in [-0.4, -0.2) is 67.9 Å². The van der Waals surface area contributed by atoms with E-state index in [1.165, 1.54) is 14.0 Å². The Bertz CT molecular complexity index is 459. The predicted octanol–water partition coefficient (Wildman–Crippen LogP) is -0.552. The molecule has 0 unspecified atom stereocenters. The monoisotopic (exact) mass is 342 g/mol. The molecule has 138 valence electrons. The molecule has 3 N–H and O–H groups in total. The molecule has 0 bridgehead atoms. The molecule has 0 aromatic carbocycles. The summed E-state index contributed by atoms with van der Waals surface area (Å²) in [5.41, 5.74) is 1.68. The highest BCUT2D eigenvalue weighted by atomic mass is 16.6. The van der Waals surface area contributed by atoms with Crippen LogP contribution >= 0.6 is 0 Å². The number of hydrogen-bond donors (Lipinski definition) is 3. The van der Waals surface area contributed by atoms with Crippen molar-refractivity contribution in [1.29, 1.82) is 0 Å². The normalized spacial score (nSPS) is 18.9. The number of amides is 2. The number of likely N-dealkylation sites (tertiary alicyclic amines) is 1. The number of carbonyl (C=O) groups is 3. The Hall–Kier alpha value is -1.51. The van der Waals surface area contributed by atoms with Gasteiger partial charge >= 0.3 is 0 Å². The molecular formula is C16H30N4O4. The molecule has 2 amide bonds. The molecule has 24 heavy (non-hydrogen) atoms. The molecule has 0 aliphatic carbocycles. The van der Waals surface area contributed by atoms with Gasteiger partial charge in [0.25, 0.3) is 0 Å². The van der Waals surface area contributed by atoms with Gasteiger partial charge in [0, 0.05) is 13.1 Å². The molecule has 0 saturated carbocycles. The van der Waals surface area contributed by atoms with Gasteiger partial charge in [-0.05, 0) is 32.7 Å². The number of rotatable bonds is 8. The first-order valence-corrected chi connectivity index (χ1v) is 8.28. The largest absolute Gasteiger partial charge is 0.347 e. The average Bonchev–Trinajstić information content (AvgIpc) is 2.52. The van der Waals surface area contributed by atoms with Crippen LogP contribution in [0.5, 0.6) is 0 Å². The van der Waals surface area contributed by atoms with E-state index in [2.05, 4.69) is 21.0 Å². The fraction of sp³-hybridized carbons (Fsp3) is 0.812. The molecule has 8 nitrogen and oxygen atoms in total. The Balaban J connectivity index is 2.91. The minimum absolute atomic E-state index is 0.00598. The van der Waals surface area contributed by atoms with Crippen molar-refractivity contribution < 1.29 is 19.2 Å². The number of nitrogens with one attached hydrogen (secondary N) is 3. The minimum atomic E-state index is -0.998. The average molecular weight is 342 g/mol. The van der Waals surface area contributed by atoms with Gasteiger partial charge in [-0.1, -0.05) is 13.8 Å². The van der Waals surface area contributed by atoms with Crippen LogP contribution in [0.25, 0.3) is 0 Å². The Morgan fingerprint density at radius 1 is 1.21 bits per heavy atom. The van der Waals surface area contributed by atoms with E-state index in [9.17, 15) is 14.4 Å². The summed E-state index contributed by atoms with van der Waals surface area (Å²) in [5.74, 6) is -0.721. The van der Waals surface area contributed by atoms with Gasteiger partial charge < -0.3 is 20.4 Å². The first-order chi connectivity index (χ1) is 11.2. The van der Waals surface area contributed by atoms with Crippen molar-refractivity contribution in [3.05, 3.63) is 0 Å². The van der Waals surface area contributed by atoms with Crippen molar-refractivity contribution in [3.63, 3.8) is 0 Å². The fourth-order valence-corrected chi connectivity index (χ4v) is 2.72. The maximum atomic E-state index is 12.7. The molecule has 1 aliphatic heterocycles. The quantitative estimate of drug-likeness (QED) is 0.512. The van der Waals surface area contributed by atoms with Gasteiger partial charge in [-0.25, -0.2) is 0 Å². The van der Waals surface area contributed by atoms with Gasteiger partial charge in [-0.2, -0.15) is 5.48 Å². The predicted molar refractivity (Wildman–Crippen MR) is 90.1 cm³/mol. The topological polar surface area (TPSA) is 99.8 Å². The van der Waals surface area contributed by atoms with Crippen LogP contribution in [0.4, 0.5) is 0 Å². The smallest absolute Gasteiger partial charge is 0.246 e. The Kier molecular flexibility index (Phi) is 7.78. The van der Waals surface area contributed by atoms with Gasteiger partial charge in [0.05, 0.1) is 13.7 Å². The van der Waals surface area contributed by atoms with Gasteiger partial charge in [0.15, 0.2) is 0 Å². The highest BCUT2D eigenvalue weighted by Gasteiger charge is 2.43. The molecule has 1 atom stereocenters. The van der Waals surface area contributed by atoms with Gasteiger partial charge in [-0.15, -0.1) is 0 Å². The Morgan fingerprint density at radius 3 is 2.25 bits per heavy atom. The number of Topliss-reactive ketones (excluding diaryl/α,β-unsaturated/α-hetero) is 1. The van der Waals surface area contributed by atoms with Crippen LogP contribution < -0.4 is 16.1 Å². The van der Waals surface area contributed by atoms with E-state index in [-0.39, 0.29) is 30.1 Å². The molecule has 1 aliphatic rings. The van der Waals surface area contributed by atoms with Crippen LogP contribution in [0.15, 0.2) is 0 Å². The van der Waals surface area contributed by atoms with E-state index >= 15 is 0 Å². The summed E-state index contributed by atoms with van der Waals surface area (Å²) < 4.78 is 0. The maximum Gasteiger partial charge on any atom is 0.246 e. The zero-order valence-corrected chi connectivity index (χ0v) is 15.3. The minimum Gasteiger partial charge on any atom is -0.347 e. The summed E-state index contributed by atoms with van der Waals surface area (Å²) in [7, 11) is 3.43. The molecule has 0 spiro atoms. The highest BCUT2D eigenvalue weighted by molar-refractivity contribution is 5.95. The zero-order valence-electron chi connectivity index (χ0n) is 15.3. The number of hydrogen-bond acceptors (Lipinski definition) is 6. The first kappa shape index (κ1) is 20.5. The van der Waals surface area contributed by atoms with Crippen molar-refractivity contribution in [3.8, 4) is 0 Å². The summed E-state index contributed by atoms with van der Waals surface area (Å²) in [4.78, 5) is 43.5. The highest BCUT2D eigenvalue weighted by Crippen LogP contribution is 2.23. The molecule has 0 aromatic heterocycles. The lowest BCUT2D eigenvalue weighted by Gasteiger charge is -2.40. The third-order valence-electron chi connectivity index (χ3n) is 4.33. The van der Waals surface area contributed by atoms with Crippen LogP contribution in [0, 0.1) is 5.92 Å². The third kappa shape index (κ3) is 5.54. The third-order valence-corrected chi connectivity index (χ3v) is 4.33. The molecule has 0 radical (unpaired) electrons. The van der Waals surface area contributed by atoms with Crippen LogP contribution in [0.3, 0.4) is 0 Å². The van der Waals surface area contributed by atoms with Crippen LogP contribution in [0.1, 0.15) is 33.6 Å². The first-order valence-electron chi connectivity index (χ1n) is 8.28. The van der Waals surface area contributed by atoms with E-state index in [1.54, 1.807) is 0 Å². The van der Waals surface area contributed by atoms with Gasteiger partial charge in [-0.3, -0.25) is 14.4 Å². The van der Waals surface area contributed by atoms with Gasteiger partial charge in [0.2, 0.25) is 11.8 Å². The van der Waals surface area contributed by atoms with Crippen molar-refractivity contribution in [1.82, 2.24) is 21.0 Å². The Labute approximate surface area is 143 Å². The van der Waals surface area contributed by atoms with E-state index in [0.717, 1.165) is 0 Å². The number of ketones is 1. The SMILES string of the molecule is CON[C@H](C(=O)NC1(C(=O)NCC(C)=O)CCN(C)CC1)C(C)C. The van der Waals surface area contributed by atoms with E-state index in [0.29, 0.717) is 25.9 Å². The van der Waals surface area contributed by atoms with E-state index in [4.69, 9.17) is 4.84 Å². The van der Waals surface area contributed by atoms with Crippen LogP contribution in [0.2, 0.25) is 0 Å². The summed E-state index contributed by atoms with van der Waals surface area (Å²) in [6.07, 6.45) is 0.994. The summed E-state index contributed by atoms with van der Waals surface area (Å²) in [6.45, 7) is 6.56. The van der Waals surface area contributed by atoms with E-state index in [1.807, 2.05) is 20.9 Å². The number of piperidine rings is 1. The maximum absolute atomic E-state index is 12.7. The van der Waals surface area contributed by atoms with Crippen molar-refractivity contribution >= 4 is 17.6 Å². The second kappa shape index (κ2) is 9.10. The molecule has 1 fully saturated rings. The number of hydroxylamine groups is 1. The number of nitrogens with zero attached hydrogens (tertiary/aromatic N) is 1. The summed E-state index contributed by atoms with van der Waals surface area (Å²) >= 11 is 0. The molecule has 1 saturated heterocycles. The molecule has 1 rings (SSSR count). The second-order valence-corrected chi connectivity index (χ2v) is 6.80. The van der Waals surface area contributed by atoms with Crippen molar-refractivity contribution in [2.24, 2.45) is 5.92 Å². The fourth-order valence-electron chi connectivity index (χ4n) is 2.72. The number of carbonyl (C=O) groups excluding carboxylic acids is 3. The van der Waals surface area contributed by atoms with Gasteiger partial charge in [0.1, 0.15) is 17.4 Å². The molecule has 8 heteroatoms. The Morgan fingerprint density at radius 2 is 1.79 bits per heavy atom. The van der Waals surface area contributed by atoms with E-state index < -0.39 is 11.6 Å². The lowest BCUT2D eigenvalue weighted by atomic mass is 9.85. The lowest BCUT2D eigenvalue weighted by molar-refractivity contribution is -0.139. The van der Waals surface area contributed by atoms with Crippen LogP contribution in [-0.2, 0) is 19.2 Å². The second-order valence-electron chi connectivity index (χ2n) is 6.80. The standard InChI is InChI=1S/C16H30N4O4/c1-11(2)13(19-24-5)14(22)18-16(6-8-20(4)9-7-16)15(23)17-10-12(3)21/h11,13,19H,6-10H2,1-5H3,(H,17,23)(H,18,22)/t13-/m0/s1. The van der Waals surface area contributed by atoms with Crippen molar-refractivity contribution in [2.75, 3.05) is 33.8 Å². The zero-order chi connectivity index (χ0) is 18.3. The lowest BCUT2D eigenvalue weighted by Crippen LogP contribution is -2.65. The van der Waals surface area contributed by atoms with Crippen molar-refractivity contribution in [2.45, 2.75) is 45.2 Å².